The topological polar surface area (TPSA) is 105 Å². The highest BCUT2D eigenvalue weighted by Gasteiger charge is 2.35. The SMILES string of the molecule is CCS(=O)(=O)N(CC(=O)N(Cc1ccc(Cl)cc1)[C@H](Cc1ccccc1)C(=O)NC1CCCCC1)c1ccc2c(c1)OCCO2. The minimum atomic E-state index is -3.90. The molecule has 0 unspecified atom stereocenters. The number of hydrogen-bond donors (Lipinski definition) is 1. The number of anilines is 1. The summed E-state index contributed by atoms with van der Waals surface area (Å²) in [5, 5.41) is 3.76. The van der Waals surface area contributed by atoms with Crippen molar-refractivity contribution < 1.29 is 27.5 Å². The van der Waals surface area contributed by atoms with Crippen LogP contribution in [0.5, 0.6) is 11.5 Å². The first kappa shape index (κ1) is 32.6. The number of ether oxygens (including phenoxy) is 2. The summed E-state index contributed by atoms with van der Waals surface area (Å²) >= 11 is 6.16. The summed E-state index contributed by atoms with van der Waals surface area (Å²) in [6.07, 6.45) is 5.27. The lowest BCUT2D eigenvalue weighted by molar-refractivity contribution is -0.140. The molecule has 0 aromatic heterocycles. The average Bonchev–Trinajstić information content (AvgIpc) is 3.06. The molecule has 1 heterocycles. The molecule has 0 spiro atoms. The Morgan fingerprint density at radius 3 is 2.29 bits per heavy atom. The van der Waals surface area contributed by atoms with Gasteiger partial charge in [-0.3, -0.25) is 13.9 Å². The van der Waals surface area contributed by atoms with E-state index in [0.717, 1.165) is 47.5 Å². The molecular formula is C34H40ClN3O6S. The Labute approximate surface area is 270 Å². The van der Waals surface area contributed by atoms with Gasteiger partial charge in [-0.15, -0.1) is 0 Å². The van der Waals surface area contributed by atoms with E-state index in [1.54, 1.807) is 30.3 Å². The van der Waals surface area contributed by atoms with E-state index in [1.165, 1.54) is 11.8 Å². The molecule has 45 heavy (non-hydrogen) atoms. The lowest BCUT2D eigenvalue weighted by Crippen LogP contribution is -2.55. The minimum absolute atomic E-state index is 0.0340. The number of carbonyl (C=O) groups is 2. The maximum Gasteiger partial charge on any atom is 0.244 e. The average molecular weight is 654 g/mol. The van der Waals surface area contributed by atoms with E-state index in [0.29, 0.717) is 29.7 Å². The number of fused-ring (bicyclic) bond motifs is 1. The fourth-order valence-corrected chi connectivity index (χ4v) is 6.97. The number of halogens is 1. The third-order valence-electron chi connectivity index (χ3n) is 8.28. The van der Waals surface area contributed by atoms with Crippen LogP contribution < -0.4 is 19.1 Å². The Balaban J connectivity index is 1.51. The normalized spacial score (nSPS) is 15.6. The van der Waals surface area contributed by atoms with Gasteiger partial charge in [0.2, 0.25) is 21.8 Å². The molecule has 2 amide bonds. The summed E-state index contributed by atoms with van der Waals surface area (Å²) in [5.41, 5.74) is 1.94. The van der Waals surface area contributed by atoms with Crippen LogP contribution in [0.2, 0.25) is 5.02 Å². The van der Waals surface area contributed by atoms with E-state index in [-0.39, 0.29) is 36.4 Å². The molecule has 0 bridgehead atoms. The number of sulfonamides is 1. The third-order valence-corrected chi connectivity index (χ3v) is 10.3. The summed E-state index contributed by atoms with van der Waals surface area (Å²) in [6, 6.07) is 20.6. The Kier molecular flexibility index (Phi) is 10.9. The lowest BCUT2D eigenvalue weighted by atomic mass is 9.94. The van der Waals surface area contributed by atoms with Crippen molar-refractivity contribution in [3.05, 3.63) is 88.9 Å². The van der Waals surface area contributed by atoms with Crippen molar-refractivity contribution in [1.82, 2.24) is 10.2 Å². The summed E-state index contributed by atoms with van der Waals surface area (Å²) < 4.78 is 39.4. The molecule has 1 atom stereocenters. The summed E-state index contributed by atoms with van der Waals surface area (Å²) in [6.45, 7) is 1.86. The first-order chi connectivity index (χ1) is 21.7. The van der Waals surface area contributed by atoms with Crippen LogP contribution in [-0.2, 0) is 32.6 Å². The number of carbonyl (C=O) groups excluding carboxylic acids is 2. The zero-order chi connectivity index (χ0) is 31.8. The second-order valence-electron chi connectivity index (χ2n) is 11.4. The van der Waals surface area contributed by atoms with Crippen molar-refractivity contribution in [2.45, 2.75) is 64.1 Å². The second kappa shape index (κ2) is 15.0. The van der Waals surface area contributed by atoms with Crippen LogP contribution in [0.15, 0.2) is 72.8 Å². The molecule has 0 radical (unpaired) electrons. The van der Waals surface area contributed by atoms with Crippen molar-refractivity contribution >= 4 is 39.1 Å². The van der Waals surface area contributed by atoms with Gasteiger partial charge in [-0.25, -0.2) is 8.42 Å². The standard InChI is InChI=1S/C34H40ClN3O6S/c1-2-45(41,42)38(29-17-18-31-32(22-29)44-20-19-43-31)24-33(39)37(23-26-13-15-27(35)16-14-26)30(21-25-9-5-3-6-10-25)34(40)36-28-11-7-4-8-12-28/h3,5-6,9-10,13-18,22,28,30H,2,4,7-8,11-12,19-21,23-24H2,1H3,(H,36,40)/t30-/m1/s1. The number of rotatable bonds is 12. The van der Waals surface area contributed by atoms with E-state index in [9.17, 15) is 18.0 Å². The van der Waals surface area contributed by atoms with Gasteiger partial charge in [-0.2, -0.15) is 0 Å². The molecule has 1 aliphatic carbocycles. The highest BCUT2D eigenvalue weighted by atomic mass is 35.5. The van der Waals surface area contributed by atoms with Gasteiger partial charge in [-0.1, -0.05) is 73.3 Å². The maximum absolute atomic E-state index is 14.4. The number of benzene rings is 3. The van der Waals surface area contributed by atoms with Crippen molar-refractivity contribution in [1.29, 1.82) is 0 Å². The summed E-state index contributed by atoms with van der Waals surface area (Å²) in [4.78, 5) is 30.0. The molecule has 5 rings (SSSR count). The van der Waals surface area contributed by atoms with E-state index in [1.807, 2.05) is 42.5 Å². The van der Waals surface area contributed by atoms with Crippen LogP contribution in [0.25, 0.3) is 0 Å². The molecule has 1 aliphatic heterocycles. The van der Waals surface area contributed by atoms with Crippen LogP contribution in [-0.4, -0.2) is 62.7 Å². The lowest BCUT2D eigenvalue weighted by Gasteiger charge is -2.35. The van der Waals surface area contributed by atoms with Crippen molar-refractivity contribution in [3.8, 4) is 11.5 Å². The summed E-state index contributed by atoms with van der Waals surface area (Å²) in [7, 11) is -3.90. The number of nitrogens with zero attached hydrogens (tertiary/aromatic N) is 2. The molecule has 1 saturated carbocycles. The Hall–Kier alpha value is -3.76. The van der Waals surface area contributed by atoms with Gasteiger partial charge >= 0.3 is 0 Å². The second-order valence-corrected chi connectivity index (χ2v) is 14.1. The zero-order valence-corrected chi connectivity index (χ0v) is 27.1. The molecule has 9 nitrogen and oxygen atoms in total. The predicted octanol–water partition coefficient (Wildman–Crippen LogP) is 5.36. The quantitative estimate of drug-likeness (QED) is 0.282. The van der Waals surface area contributed by atoms with E-state index in [4.69, 9.17) is 21.1 Å². The zero-order valence-electron chi connectivity index (χ0n) is 25.5. The van der Waals surface area contributed by atoms with Crippen LogP contribution in [0.1, 0.15) is 50.2 Å². The van der Waals surface area contributed by atoms with Gasteiger partial charge in [0.1, 0.15) is 25.8 Å². The molecule has 3 aromatic carbocycles. The van der Waals surface area contributed by atoms with Crippen LogP contribution >= 0.6 is 11.6 Å². The van der Waals surface area contributed by atoms with Crippen molar-refractivity contribution in [2.24, 2.45) is 0 Å². The third kappa shape index (κ3) is 8.49. The first-order valence-corrected chi connectivity index (χ1v) is 17.5. The van der Waals surface area contributed by atoms with E-state index < -0.39 is 28.5 Å². The number of hydrogen-bond acceptors (Lipinski definition) is 6. The smallest absolute Gasteiger partial charge is 0.244 e. The Morgan fingerprint density at radius 1 is 0.911 bits per heavy atom. The van der Waals surface area contributed by atoms with E-state index in [2.05, 4.69) is 5.32 Å². The molecule has 1 N–H and O–H groups in total. The van der Waals surface area contributed by atoms with Gasteiger partial charge in [-0.05, 0) is 55.2 Å². The Bertz CT molecular complexity index is 1560. The number of nitrogens with one attached hydrogen (secondary N) is 1. The number of amides is 2. The highest BCUT2D eigenvalue weighted by Crippen LogP contribution is 2.35. The van der Waals surface area contributed by atoms with Gasteiger partial charge in [0.05, 0.1) is 11.4 Å². The van der Waals surface area contributed by atoms with Gasteiger partial charge < -0.3 is 19.7 Å². The monoisotopic (exact) mass is 653 g/mol. The molecule has 3 aromatic rings. The van der Waals surface area contributed by atoms with Gasteiger partial charge in [0, 0.05) is 30.1 Å². The van der Waals surface area contributed by atoms with Gasteiger partial charge in [0.25, 0.3) is 0 Å². The Morgan fingerprint density at radius 2 is 1.60 bits per heavy atom. The van der Waals surface area contributed by atoms with Crippen LogP contribution in [0, 0.1) is 0 Å². The van der Waals surface area contributed by atoms with Crippen LogP contribution in [0.4, 0.5) is 5.69 Å². The molecule has 0 saturated heterocycles. The minimum Gasteiger partial charge on any atom is -0.486 e. The molecular weight excluding hydrogens is 614 g/mol. The molecule has 2 aliphatic rings. The predicted molar refractivity (Wildman–Crippen MR) is 175 cm³/mol. The largest absolute Gasteiger partial charge is 0.486 e. The molecule has 11 heteroatoms. The van der Waals surface area contributed by atoms with Crippen molar-refractivity contribution in [3.63, 3.8) is 0 Å². The molecule has 1 fully saturated rings. The fourth-order valence-electron chi connectivity index (χ4n) is 5.79. The van der Waals surface area contributed by atoms with Crippen LogP contribution in [0.3, 0.4) is 0 Å². The molecule has 240 valence electrons. The van der Waals surface area contributed by atoms with Crippen molar-refractivity contribution in [2.75, 3.05) is 29.8 Å². The first-order valence-electron chi connectivity index (χ1n) is 15.5. The summed E-state index contributed by atoms with van der Waals surface area (Å²) in [5.74, 6) is -0.0540. The van der Waals surface area contributed by atoms with E-state index >= 15 is 0 Å². The highest BCUT2D eigenvalue weighted by molar-refractivity contribution is 7.92. The fraction of sp³-hybridized carbons (Fsp3) is 0.412. The van der Waals surface area contributed by atoms with Gasteiger partial charge in [0.15, 0.2) is 11.5 Å². The maximum atomic E-state index is 14.4.